The highest BCUT2D eigenvalue weighted by Gasteiger charge is 2.50. The summed E-state index contributed by atoms with van der Waals surface area (Å²) in [7, 11) is 0. The number of aliphatic hydroxyl groups is 2. The Morgan fingerprint density at radius 3 is 2.50 bits per heavy atom. The maximum absolute atomic E-state index is 9.92. The third-order valence-corrected chi connectivity index (χ3v) is 4.75. The predicted molar refractivity (Wildman–Crippen MR) is 82.2 cm³/mol. The average Bonchev–Trinajstić information content (AvgIpc) is 2.81. The van der Waals surface area contributed by atoms with Crippen LogP contribution >= 0.6 is 0 Å². The number of rotatable bonds is 6. The molecule has 0 aromatic heterocycles. The molecule has 2 fully saturated rings. The van der Waals surface area contributed by atoms with E-state index in [-0.39, 0.29) is 24.9 Å². The molecule has 22 heavy (non-hydrogen) atoms. The van der Waals surface area contributed by atoms with E-state index in [0.717, 1.165) is 12.8 Å². The zero-order valence-corrected chi connectivity index (χ0v) is 14.1. The first kappa shape index (κ1) is 18.1. The number of ether oxygens (including phenoxy) is 3. The first-order valence-electron chi connectivity index (χ1n) is 8.34. The maximum Gasteiger partial charge on any atom is 0.163 e. The molecule has 1 saturated heterocycles. The van der Waals surface area contributed by atoms with Crippen molar-refractivity contribution in [2.75, 3.05) is 6.61 Å². The molecule has 0 radical (unpaired) electrons. The molecule has 0 spiro atoms. The molecule has 4 N–H and O–H groups in total. The van der Waals surface area contributed by atoms with Crippen LogP contribution in [0.25, 0.3) is 0 Å². The first-order chi connectivity index (χ1) is 10.2. The summed E-state index contributed by atoms with van der Waals surface area (Å²) in [6, 6.07) is -0.608. The lowest BCUT2D eigenvalue weighted by molar-refractivity contribution is -0.159. The van der Waals surface area contributed by atoms with Gasteiger partial charge in [-0.2, -0.15) is 0 Å². The fraction of sp³-hybridized carbons (Fsp3) is 1.00. The second-order valence-electron chi connectivity index (χ2n) is 7.12. The van der Waals surface area contributed by atoms with Gasteiger partial charge in [0.25, 0.3) is 0 Å². The van der Waals surface area contributed by atoms with Crippen LogP contribution in [0, 0.1) is 5.92 Å². The molecule has 0 amide bonds. The Bertz CT molecular complexity index is 364. The predicted octanol–water partition coefficient (Wildman–Crippen LogP) is 0.781. The van der Waals surface area contributed by atoms with Gasteiger partial charge in [-0.1, -0.05) is 13.8 Å². The summed E-state index contributed by atoms with van der Waals surface area (Å²) < 4.78 is 17.9. The molecule has 1 aliphatic carbocycles. The van der Waals surface area contributed by atoms with Crippen molar-refractivity contribution in [1.82, 2.24) is 0 Å². The van der Waals surface area contributed by atoms with Gasteiger partial charge in [-0.15, -0.1) is 0 Å². The zero-order chi connectivity index (χ0) is 16.5. The monoisotopic (exact) mass is 317 g/mol. The summed E-state index contributed by atoms with van der Waals surface area (Å²) in [5.74, 6) is -0.150. The second-order valence-corrected chi connectivity index (χ2v) is 7.12. The largest absolute Gasteiger partial charge is 0.390 e. The SMILES string of the molecule is CC[C@@H](O)[C@@H](O)[C@@H](N)COC1CC[C@H](C)[C@@H]2OC(C)(C)O[C@@H]12. The minimum Gasteiger partial charge on any atom is -0.390 e. The molecule has 1 heterocycles. The van der Waals surface area contributed by atoms with Crippen LogP contribution < -0.4 is 5.73 Å². The number of hydrogen-bond donors (Lipinski definition) is 3. The summed E-state index contributed by atoms with van der Waals surface area (Å²) >= 11 is 0. The Hall–Kier alpha value is -0.240. The van der Waals surface area contributed by atoms with E-state index in [1.54, 1.807) is 6.92 Å². The van der Waals surface area contributed by atoms with Gasteiger partial charge in [0.05, 0.1) is 37.1 Å². The summed E-state index contributed by atoms with van der Waals surface area (Å²) in [6.45, 7) is 8.01. The molecule has 6 heteroatoms. The normalized spacial score (nSPS) is 38.3. The molecule has 0 bridgehead atoms. The van der Waals surface area contributed by atoms with Crippen molar-refractivity contribution in [3.63, 3.8) is 0 Å². The van der Waals surface area contributed by atoms with E-state index in [1.165, 1.54) is 0 Å². The summed E-state index contributed by atoms with van der Waals surface area (Å²) in [5, 5.41) is 19.6. The fourth-order valence-electron chi connectivity index (χ4n) is 3.34. The van der Waals surface area contributed by atoms with Gasteiger partial charge in [-0.05, 0) is 39.0 Å². The molecule has 2 aliphatic rings. The van der Waals surface area contributed by atoms with E-state index < -0.39 is 24.0 Å². The summed E-state index contributed by atoms with van der Waals surface area (Å²) in [4.78, 5) is 0. The zero-order valence-electron chi connectivity index (χ0n) is 14.1. The van der Waals surface area contributed by atoms with Gasteiger partial charge in [0.2, 0.25) is 0 Å². The van der Waals surface area contributed by atoms with Crippen molar-refractivity contribution in [1.29, 1.82) is 0 Å². The lowest BCUT2D eigenvalue weighted by Gasteiger charge is -2.36. The molecule has 1 aliphatic heterocycles. The Balaban J connectivity index is 1.90. The third-order valence-electron chi connectivity index (χ3n) is 4.75. The lowest BCUT2D eigenvalue weighted by Crippen LogP contribution is -2.49. The highest BCUT2D eigenvalue weighted by Crippen LogP contribution is 2.40. The Morgan fingerprint density at radius 2 is 1.86 bits per heavy atom. The molecule has 0 aromatic rings. The van der Waals surface area contributed by atoms with Gasteiger partial charge < -0.3 is 30.2 Å². The van der Waals surface area contributed by atoms with Crippen molar-refractivity contribution < 1.29 is 24.4 Å². The number of aliphatic hydroxyl groups excluding tert-OH is 2. The maximum atomic E-state index is 9.92. The Morgan fingerprint density at radius 1 is 1.23 bits per heavy atom. The smallest absolute Gasteiger partial charge is 0.163 e. The third kappa shape index (κ3) is 3.99. The van der Waals surface area contributed by atoms with E-state index >= 15 is 0 Å². The van der Waals surface area contributed by atoms with E-state index in [9.17, 15) is 10.2 Å². The van der Waals surface area contributed by atoms with Gasteiger partial charge in [0.1, 0.15) is 6.10 Å². The van der Waals surface area contributed by atoms with Crippen molar-refractivity contribution in [2.24, 2.45) is 11.7 Å². The minimum absolute atomic E-state index is 0.0381. The average molecular weight is 317 g/mol. The molecular weight excluding hydrogens is 286 g/mol. The van der Waals surface area contributed by atoms with Gasteiger partial charge in [0.15, 0.2) is 5.79 Å². The van der Waals surface area contributed by atoms with Crippen molar-refractivity contribution in [2.45, 2.75) is 89.3 Å². The van der Waals surface area contributed by atoms with E-state index in [4.69, 9.17) is 19.9 Å². The van der Waals surface area contributed by atoms with E-state index in [2.05, 4.69) is 6.92 Å². The van der Waals surface area contributed by atoms with Crippen LogP contribution in [0.2, 0.25) is 0 Å². The molecular formula is C16H31NO5. The van der Waals surface area contributed by atoms with E-state index in [0.29, 0.717) is 12.3 Å². The van der Waals surface area contributed by atoms with Crippen LogP contribution in [-0.4, -0.2) is 59.2 Å². The van der Waals surface area contributed by atoms with Crippen LogP contribution in [0.15, 0.2) is 0 Å². The standard InChI is InChI=1S/C16H31NO5/c1-5-11(18)13(19)10(17)8-20-12-7-6-9(2)14-15(12)22-16(3,4)21-14/h9-15,18-19H,5-8,17H2,1-4H3/t9-,10-,11+,12?,13-,14-,15-/m0/s1. The van der Waals surface area contributed by atoms with Crippen LogP contribution in [-0.2, 0) is 14.2 Å². The topological polar surface area (TPSA) is 94.2 Å². The summed E-state index contributed by atoms with van der Waals surface area (Å²) in [5.41, 5.74) is 5.92. The lowest BCUT2D eigenvalue weighted by atomic mass is 9.84. The van der Waals surface area contributed by atoms with E-state index in [1.807, 2.05) is 13.8 Å². The van der Waals surface area contributed by atoms with Crippen LogP contribution in [0.3, 0.4) is 0 Å². The van der Waals surface area contributed by atoms with Gasteiger partial charge in [-0.3, -0.25) is 0 Å². The Kier molecular flexibility index (Phi) is 5.85. The number of hydrogen-bond acceptors (Lipinski definition) is 6. The van der Waals surface area contributed by atoms with Crippen molar-refractivity contribution >= 4 is 0 Å². The summed E-state index contributed by atoms with van der Waals surface area (Å²) in [6.07, 6.45) is 0.436. The fourth-order valence-corrected chi connectivity index (χ4v) is 3.34. The number of fused-ring (bicyclic) bond motifs is 1. The van der Waals surface area contributed by atoms with Gasteiger partial charge in [-0.25, -0.2) is 0 Å². The molecule has 1 unspecified atom stereocenters. The second kappa shape index (κ2) is 7.11. The molecule has 6 nitrogen and oxygen atoms in total. The molecule has 130 valence electrons. The highest BCUT2D eigenvalue weighted by molar-refractivity contribution is 4.94. The van der Waals surface area contributed by atoms with Crippen molar-refractivity contribution in [3.05, 3.63) is 0 Å². The molecule has 7 atom stereocenters. The molecule has 1 saturated carbocycles. The van der Waals surface area contributed by atoms with Crippen molar-refractivity contribution in [3.8, 4) is 0 Å². The van der Waals surface area contributed by atoms with Gasteiger partial charge >= 0.3 is 0 Å². The highest BCUT2D eigenvalue weighted by atomic mass is 16.8. The van der Waals surface area contributed by atoms with Crippen LogP contribution in [0.4, 0.5) is 0 Å². The molecule has 2 rings (SSSR count). The first-order valence-corrected chi connectivity index (χ1v) is 8.34. The quantitative estimate of drug-likeness (QED) is 0.670. The van der Waals surface area contributed by atoms with Crippen LogP contribution in [0.1, 0.15) is 47.0 Å². The number of nitrogens with two attached hydrogens (primary N) is 1. The molecule has 0 aromatic carbocycles. The minimum atomic E-state index is -0.972. The Labute approximate surface area is 132 Å². The van der Waals surface area contributed by atoms with Crippen LogP contribution in [0.5, 0.6) is 0 Å². The van der Waals surface area contributed by atoms with Gasteiger partial charge in [0, 0.05) is 0 Å².